The Labute approximate surface area is 197 Å². The highest BCUT2D eigenvalue weighted by molar-refractivity contribution is 6.74. The Kier molecular flexibility index (Phi) is 11.4. The van der Waals surface area contributed by atoms with Gasteiger partial charge in [-0.1, -0.05) is 78.5 Å². The summed E-state index contributed by atoms with van der Waals surface area (Å²) in [5, 5.41) is 10.1. The topological polar surface area (TPSA) is 47.9 Å². The fourth-order valence-corrected chi connectivity index (χ4v) is 5.09. The van der Waals surface area contributed by atoms with Gasteiger partial charge in [0.05, 0.1) is 25.9 Å². The van der Waals surface area contributed by atoms with E-state index in [1.807, 2.05) is 30.3 Å². The van der Waals surface area contributed by atoms with E-state index in [1.165, 1.54) is 0 Å². The van der Waals surface area contributed by atoms with E-state index < -0.39 is 8.32 Å². The number of ether oxygens (including phenoxy) is 2. The SMILES string of the molecule is C=C/C=C\[C@H](C)[C@@H](OCc1ccc(OC)cc1)[C@@H](C)[C@H](O[Si](C)(C)C(C)(C)C)[C@@H](C)CO. The van der Waals surface area contributed by atoms with E-state index in [9.17, 15) is 5.11 Å². The molecule has 5 atom stereocenters. The van der Waals surface area contributed by atoms with E-state index in [1.54, 1.807) is 13.2 Å². The summed E-state index contributed by atoms with van der Waals surface area (Å²) in [6.07, 6.45) is 5.73. The normalized spacial score (nSPS) is 17.6. The molecule has 0 aromatic heterocycles. The van der Waals surface area contributed by atoms with E-state index in [0.717, 1.165) is 11.3 Å². The molecular formula is C27H46O4Si. The van der Waals surface area contributed by atoms with Crippen LogP contribution in [0.25, 0.3) is 0 Å². The number of rotatable bonds is 13. The molecule has 0 spiro atoms. The van der Waals surface area contributed by atoms with Gasteiger partial charge in [0.15, 0.2) is 8.32 Å². The minimum Gasteiger partial charge on any atom is -0.497 e. The molecule has 0 heterocycles. The van der Waals surface area contributed by atoms with E-state index >= 15 is 0 Å². The zero-order chi connectivity index (χ0) is 24.5. The fourth-order valence-electron chi connectivity index (χ4n) is 3.61. The van der Waals surface area contributed by atoms with Crippen LogP contribution in [0, 0.1) is 17.8 Å². The standard InChI is InChI=1S/C27H46O4Si/c1-11-12-13-20(2)25(30-19-23-14-16-24(29-8)17-15-23)22(4)26(21(3)18-28)31-32(9,10)27(5,6)7/h11-17,20-22,25-26,28H,1,18-19H2,2-10H3/b13-12-/t20-,21-,22+,25+,26+/m0/s1. The maximum Gasteiger partial charge on any atom is 0.192 e. The lowest BCUT2D eigenvalue weighted by atomic mass is 9.84. The van der Waals surface area contributed by atoms with Crippen molar-refractivity contribution < 1.29 is 19.0 Å². The Morgan fingerprint density at radius 3 is 2.12 bits per heavy atom. The lowest BCUT2D eigenvalue weighted by molar-refractivity contribution is -0.0694. The first-order valence-electron chi connectivity index (χ1n) is 11.7. The van der Waals surface area contributed by atoms with Crippen LogP contribution in [-0.4, -0.2) is 39.3 Å². The van der Waals surface area contributed by atoms with Crippen molar-refractivity contribution in [3.8, 4) is 5.75 Å². The van der Waals surface area contributed by atoms with Crippen molar-refractivity contribution in [2.45, 2.75) is 78.5 Å². The van der Waals surface area contributed by atoms with Crippen LogP contribution in [0.1, 0.15) is 47.1 Å². The van der Waals surface area contributed by atoms with E-state index in [-0.39, 0.29) is 41.6 Å². The molecule has 0 aliphatic heterocycles. The zero-order valence-corrected chi connectivity index (χ0v) is 22.7. The molecule has 0 saturated heterocycles. The largest absolute Gasteiger partial charge is 0.497 e. The Morgan fingerprint density at radius 1 is 1.06 bits per heavy atom. The third-order valence-corrected chi connectivity index (χ3v) is 11.3. The lowest BCUT2D eigenvalue weighted by Crippen LogP contribution is -2.50. The summed E-state index contributed by atoms with van der Waals surface area (Å²) < 4.78 is 18.7. The van der Waals surface area contributed by atoms with Crippen LogP contribution < -0.4 is 4.74 Å². The van der Waals surface area contributed by atoms with Gasteiger partial charge in [-0.05, 0) is 35.8 Å². The molecule has 0 unspecified atom stereocenters. The van der Waals surface area contributed by atoms with Gasteiger partial charge in [0.1, 0.15) is 5.75 Å². The van der Waals surface area contributed by atoms with Gasteiger partial charge in [-0.3, -0.25) is 0 Å². The minimum absolute atomic E-state index is 0.0156. The number of aliphatic hydroxyl groups is 1. The second-order valence-corrected chi connectivity index (χ2v) is 15.2. The quantitative estimate of drug-likeness (QED) is 0.264. The third kappa shape index (κ3) is 8.18. The van der Waals surface area contributed by atoms with Crippen LogP contribution in [0.2, 0.25) is 18.1 Å². The number of methoxy groups -OCH3 is 1. The maximum absolute atomic E-state index is 10.0. The predicted molar refractivity (Wildman–Crippen MR) is 138 cm³/mol. The lowest BCUT2D eigenvalue weighted by Gasteiger charge is -2.44. The molecule has 32 heavy (non-hydrogen) atoms. The first-order valence-corrected chi connectivity index (χ1v) is 14.6. The zero-order valence-electron chi connectivity index (χ0n) is 21.7. The second-order valence-electron chi connectivity index (χ2n) is 10.5. The molecule has 0 saturated carbocycles. The minimum atomic E-state index is -2.03. The average molecular weight is 463 g/mol. The number of benzene rings is 1. The summed E-state index contributed by atoms with van der Waals surface area (Å²) >= 11 is 0. The number of aliphatic hydroxyl groups excluding tert-OH is 1. The monoisotopic (exact) mass is 462 g/mol. The summed E-state index contributed by atoms with van der Waals surface area (Å²) in [7, 11) is -0.360. The molecule has 182 valence electrons. The van der Waals surface area contributed by atoms with Gasteiger partial charge in [-0.25, -0.2) is 0 Å². The molecule has 1 N–H and O–H groups in total. The van der Waals surface area contributed by atoms with Gasteiger partial charge in [0.2, 0.25) is 0 Å². The molecule has 0 amide bonds. The summed E-state index contributed by atoms with van der Waals surface area (Å²) in [5.41, 5.74) is 1.10. The van der Waals surface area contributed by atoms with Crippen molar-refractivity contribution in [3.63, 3.8) is 0 Å². The van der Waals surface area contributed by atoms with E-state index in [0.29, 0.717) is 6.61 Å². The molecule has 1 aromatic rings. The van der Waals surface area contributed by atoms with Crippen LogP contribution in [0.3, 0.4) is 0 Å². The Morgan fingerprint density at radius 2 is 1.66 bits per heavy atom. The molecule has 4 nitrogen and oxygen atoms in total. The predicted octanol–water partition coefficient (Wildman–Crippen LogP) is 6.61. The van der Waals surface area contributed by atoms with Crippen LogP contribution in [0.4, 0.5) is 0 Å². The highest BCUT2D eigenvalue weighted by Crippen LogP contribution is 2.40. The Hall–Kier alpha value is -1.40. The summed E-state index contributed by atoms with van der Waals surface area (Å²) in [6.45, 7) is 22.1. The van der Waals surface area contributed by atoms with Crippen LogP contribution >= 0.6 is 0 Å². The number of hydrogen-bond acceptors (Lipinski definition) is 4. The average Bonchev–Trinajstić information content (AvgIpc) is 2.75. The van der Waals surface area contributed by atoms with Crippen LogP contribution in [0.5, 0.6) is 5.75 Å². The molecule has 0 aliphatic rings. The molecule has 5 heteroatoms. The second kappa shape index (κ2) is 12.7. The van der Waals surface area contributed by atoms with Crippen LogP contribution in [-0.2, 0) is 15.8 Å². The fraction of sp³-hybridized carbons (Fsp3) is 0.630. The molecule has 1 aromatic carbocycles. The first kappa shape index (κ1) is 28.6. The van der Waals surface area contributed by atoms with Gasteiger partial charge in [-0.15, -0.1) is 0 Å². The molecule has 0 aliphatic carbocycles. The molecule has 1 rings (SSSR count). The van der Waals surface area contributed by atoms with Crippen molar-refractivity contribution in [3.05, 3.63) is 54.6 Å². The molecular weight excluding hydrogens is 416 g/mol. The Balaban J connectivity index is 3.18. The summed E-state index contributed by atoms with van der Waals surface area (Å²) in [6, 6.07) is 7.97. The molecule has 0 bridgehead atoms. The van der Waals surface area contributed by atoms with Gasteiger partial charge in [-0.2, -0.15) is 0 Å². The highest BCUT2D eigenvalue weighted by atomic mass is 28.4. The smallest absolute Gasteiger partial charge is 0.192 e. The summed E-state index contributed by atoms with van der Waals surface area (Å²) in [4.78, 5) is 0. The van der Waals surface area contributed by atoms with Crippen molar-refractivity contribution >= 4 is 8.32 Å². The third-order valence-electron chi connectivity index (χ3n) is 6.79. The molecule has 0 fully saturated rings. The van der Waals surface area contributed by atoms with Crippen molar-refractivity contribution in [2.75, 3.05) is 13.7 Å². The van der Waals surface area contributed by atoms with E-state index in [4.69, 9.17) is 13.9 Å². The highest BCUT2D eigenvalue weighted by Gasteiger charge is 2.43. The molecule has 0 radical (unpaired) electrons. The first-order chi connectivity index (χ1) is 14.9. The van der Waals surface area contributed by atoms with Gasteiger partial charge in [0, 0.05) is 24.4 Å². The number of hydrogen-bond donors (Lipinski definition) is 1. The van der Waals surface area contributed by atoms with E-state index in [2.05, 4.69) is 67.3 Å². The van der Waals surface area contributed by atoms with Gasteiger partial charge < -0.3 is 19.0 Å². The Bertz CT molecular complexity index is 705. The van der Waals surface area contributed by atoms with Crippen molar-refractivity contribution in [2.24, 2.45) is 17.8 Å². The van der Waals surface area contributed by atoms with Crippen LogP contribution in [0.15, 0.2) is 49.1 Å². The van der Waals surface area contributed by atoms with Crippen molar-refractivity contribution in [1.82, 2.24) is 0 Å². The van der Waals surface area contributed by atoms with Gasteiger partial charge in [0.25, 0.3) is 0 Å². The maximum atomic E-state index is 10.0. The number of allylic oxidation sites excluding steroid dienone is 2. The van der Waals surface area contributed by atoms with Gasteiger partial charge >= 0.3 is 0 Å². The van der Waals surface area contributed by atoms with Crippen molar-refractivity contribution in [1.29, 1.82) is 0 Å². The summed E-state index contributed by atoms with van der Waals surface area (Å²) in [5.74, 6) is 1.11.